The maximum absolute atomic E-state index is 5.83. The molecule has 0 saturated heterocycles. The fourth-order valence-corrected chi connectivity index (χ4v) is 3.57. The van der Waals surface area contributed by atoms with Gasteiger partial charge in [-0.2, -0.15) is 0 Å². The number of benzene rings is 1. The zero-order valence-electron chi connectivity index (χ0n) is 18.1. The highest BCUT2D eigenvalue weighted by molar-refractivity contribution is 14.0. The molecule has 0 amide bonds. The van der Waals surface area contributed by atoms with Crippen LogP contribution in [0.4, 0.5) is 0 Å². The van der Waals surface area contributed by atoms with Gasteiger partial charge in [-0.05, 0) is 31.9 Å². The minimum atomic E-state index is 0. The molecular formula is C22H35IN6O. The van der Waals surface area contributed by atoms with E-state index in [0.717, 1.165) is 30.5 Å². The van der Waals surface area contributed by atoms with Gasteiger partial charge in [0.2, 0.25) is 0 Å². The van der Waals surface area contributed by atoms with E-state index >= 15 is 0 Å². The van der Waals surface area contributed by atoms with E-state index in [2.05, 4.69) is 51.4 Å². The highest BCUT2D eigenvalue weighted by Crippen LogP contribution is 2.17. The van der Waals surface area contributed by atoms with Crippen molar-refractivity contribution >= 4 is 29.9 Å². The molecule has 1 aromatic carbocycles. The van der Waals surface area contributed by atoms with Gasteiger partial charge < -0.3 is 19.9 Å². The van der Waals surface area contributed by atoms with Crippen LogP contribution in [0.2, 0.25) is 0 Å². The zero-order valence-corrected chi connectivity index (χ0v) is 20.5. The van der Waals surface area contributed by atoms with E-state index in [1.165, 1.54) is 37.7 Å². The van der Waals surface area contributed by atoms with Crippen molar-refractivity contribution in [2.75, 3.05) is 19.7 Å². The molecule has 0 radical (unpaired) electrons. The van der Waals surface area contributed by atoms with Crippen molar-refractivity contribution in [1.82, 2.24) is 25.4 Å². The minimum absolute atomic E-state index is 0. The van der Waals surface area contributed by atoms with Crippen LogP contribution in [-0.4, -0.2) is 46.5 Å². The smallest absolute Gasteiger partial charge is 0.191 e. The Hall–Kier alpha value is -1.84. The third-order valence-electron chi connectivity index (χ3n) is 5.25. The molecule has 1 heterocycles. The monoisotopic (exact) mass is 526 g/mol. The molecule has 1 aromatic heterocycles. The number of nitrogens with one attached hydrogen (secondary N) is 2. The first-order valence-electron chi connectivity index (χ1n) is 10.9. The zero-order chi connectivity index (χ0) is 20.3. The summed E-state index contributed by atoms with van der Waals surface area (Å²) in [5, 5.41) is 15.2. The van der Waals surface area contributed by atoms with Gasteiger partial charge in [0.1, 0.15) is 24.5 Å². The first-order chi connectivity index (χ1) is 14.2. The van der Waals surface area contributed by atoms with Crippen molar-refractivity contribution < 1.29 is 4.74 Å². The predicted octanol–water partition coefficient (Wildman–Crippen LogP) is 3.71. The largest absolute Gasteiger partial charge is 0.492 e. The van der Waals surface area contributed by atoms with Crippen LogP contribution in [0.5, 0.6) is 5.75 Å². The van der Waals surface area contributed by atoms with E-state index < -0.39 is 0 Å². The van der Waals surface area contributed by atoms with Crippen LogP contribution in [0.15, 0.2) is 35.6 Å². The lowest BCUT2D eigenvalue weighted by molar-refractivity contribution is 0.321. The topological polar surface area (TPSA) is 76.4 Å². The Balaban J connectivity index is 0.00000320. The predicted molar refractivity (Wildman–Crippen MR) is 132 cm³/mol. The van der Waals surface area contributed by atoms with E-state index in [1.807, 2.05) is 12.1 Å². The van der Waals surface area contributed by atoms with Crippen LogP contribution in [0, 0.1) is 6.92 Å². The fourth-order valence-electron chi connectivity index (χ4n) is 3.57. The molecule has 0 unspecified atom stereocenters. The molecular weight excluding hydrogens is 491 g/mol. The number of hydrogen-bond donors (Lipinski definition) is 2. The molecule has 8 heteroatoms. The third kappa shape index (κ3) is 8.12. The summed E-state index contributed by atoms with van der Waals surface area (Å²) < 4.78 is 7.90. The number of nitrogens with zero attached hydrogens (tertiary/aromatic N) is 4. The van der Waals surface area contributed by atoms with Gasteiger partial charge in [0.15, 0.2) is 5.96 Å². The van der Waals surface area contributed by atoms with Crippen molar-refractivity contribution in [1.29, 1.82) is 0 Å². The number of aromatic nitrogens is 3. The van der Waals surface area contributed by atoms with Gasteiger partial charge >= 0.3 is 0 Å². The van der Waals surface area contributed by atoms with Gasteiger partial charge in [-0.15, -0.1) is 34.2 Å². The van der Waals surface area contributed by atoms with E-state index in [1.54, 1.807) is 6.33 Å². The second-order valence-corrected chi connectivity index (χ2v) is 7.59. The second-order valence-electron chi connectivity index (χ2n) is 7.59. The molecule has 0 atom stereocenters. The minimum Gasteiger partial charge on any atom is -0.492 e. The Morgan fingerprint density at radius 2 is 1.97 bits per heavy atom. The summed E-state index contributed by atoms with van der Waals surface area (Å²) in [4.78, 5) is 4.79. The lowest BCUT2D eigenvalue weighted by Crippen LogP contribution is -2.45. The summed E-state index contributed by atoms with van der Waals surface area (Å²) in [5.41, 5.74) is 1.24. The Morgan fingerprint density at radius 1 is 1.20 bits per heavy atom. The summed E-state index contributed by atoms with van der Waals surface area (Å²) in [6, 6.07) is 8.66. The van der Waals surface area contributed by atoms with Crippen LogP contribution in [0.1, 0.15) is 50.4 Å². The molecule has 2 aromatic rings. The van der Waals surface area contributed by atoms with E-state index in [9.17, 15) is 0 Å². The first-order valence-corrected chi connectivity index (χ1v) is 10.9. The quantitative estimate of drug-likeness (QED) is 0.226. The second kappa shape index (κ2) is 13.5. The van der Waals surface area contributed by atoms with Crippen LogP contribution in [-0.2, 0) is 13.0 Å². The lowest BCUT2D eigenvalue weighted by Gasteiger charge is -2.25. The van der Waals surface area contributed by atoms with E-state index in [4.69, 9.17) is 9.73 Å². The molecule has 30 heavy (non-hydrogen) atoms. The fraction of sp³-hybridized carbons (Fsp3) is 0.591. The Bertz CT molecular complexity index is 755. The molecule has 3 rings (SSSR count). The Morgan fingerprint density at radius 3 is 2.70 bits per heavy atom. The molecule has 1 saturated carbocycles. The van der Waals surface area contributed by atoms with Crippen LogP contribution < -0.4 is 15.4 Å². The van der Waals surface area contributed by atoms with Crippen molar-refractivity contribution in [3.8, 4) is 5.75 Å². The number of aryl methyl sites for hydroxylation is 2. The van der Waals surface area contributed by atoms with Gasteiger partial charge in [0, 0.05) is 19.0 Å². The van der Waals surface area contributed by atoms with Gasteiger partial charge in [-0.1, -0.05) is 43.9 Å². The molecule has 0 aliphatic heterocycles. The third-order valence-corrected chi connectivity index (χ3v) is 5.25. The molecule has 1 fully saturated rings. The van der Waals surface area contributed by atoms with Crippen molar-refractivity contribution in [3.05, 3.63) is 42.0 Å². The van der Waals surface area contributed by atoms with Crippen LogP contribution in [0.25, 0.3) is 0 Å². The average molecular weight is 526 g/mol. The van der Waals surface area contributed by atoms with Crippen LogP contribution in [0.3, 0.4) is 0 Å². The van der Waals surface area contributed by atoms with E-state index in [0.29, 0.717) is 25.7 Å². The number of guanidine groups is 1. The number of aliphatic imine (C=N–C) groups is 1. The van der Waals surface area contributed by atoms with Gasteiger partial charge in [-0.3, -0.25) is 4.99 Å². The molecule has 1 aliphatic carbocycles. The van der Waals surface area contributed by atoms with Crippen molar-refractivity contribution in [2.24, 2.45) is 4.99 Å². The molecule has 7 nitrogen and oxygen atoms in total. The van der Waals surface area contributed by atoms with Gasteiger partial charge in [0.25, 0.3) is 0 Å². The highest BCUT2D eigenvalue weighted by atomic mass is 127. The summed E-state index contributed by atoms with van der Waals surface area (Å²) in [6.07, 6.45) is 9.02. The summed E-state index contributed by atoms with van der Waals surface area (Å²) in [6.45, 7) is 6.95. The summed E-state index contributed by atoms with van der Waals surface area (Å²) in [5.74, 6) is 2.77. The van der Waals surface area contributed by atoms with Gasteiger partial charge in [0.05, 0.1) is 13.1 Å². The molecule has 0 spiro atoms. The van der Waals surface area contributed by atoms with Gasteiger partial charge in [-0.25, -0.2) is 0 Å². The highest BCUT2D eigenvalue weighted by Gasteiger charge is 2.14. The first kappa shape index (κ1) is 24.4. The lowest BCUT2D eigenvalue weighted by atomic mass is 9.96. The summed E-state index contributed by atoms with van der Waals surface area (Å²) >= 11 is 0. The summed E-state index contributed by atoms with van der Waals surface area (Å²) in [7, 11) is 0. The number of hydrogen-bond acceptors (Lipinski definition) is 4. The maximum atomic E-state index is 5.83. The number of halogens is 1. The molecule has 166 valence electrons. The SMILES string of the molecule is CCc1nncn1CCN=C(NCCOc1ccc(C)cc1)NC1CCCCC1.I. The number of rotatable bonds is 9. The van der Waals surface area contributed by atoms with E-state index in [-0.39, 0.29) is 24.0 Å². The molecule has 2 N–H and O–H groups in total. The maximum Gasteiger partial charge on any atom is 0.191 e. The van der Waals surface area contributed by atoms with Crippen molar-refractivity contribution in [2.45, 2.75) is 65.0 Å². The van der Waals surface area contributed by atoms with Crippen molar-refractivity contribution in [3.63, 3.8) is 0 Å². The normalized spacial score (nSPS) is 14.8. The Labute approximate surface area is 197 Å². The number of ether oxygens (including phenoxy) is 1. The Kier molecular flexibility index (Phi) is 11.0. The van der Waals surface area contributed by atoms with Crippen LogP contribution >= 0.6 is 24.0 Å². The standard InChI is InChI=1S/C22H34N6O.HI/c1-3-21-27-25-17-28(21)15-13-23-22(26-19-7-5-4-6-8-19)24-14-16-29-20-11-9-18(2)10-12-20;/h9-12,17,19H,3-8,13-16H2,1-2H3,(H2,23,24,26);1H. The molecule has 0 bridgehead atoms. The average Bonchev–Trinajstić information content (AvgIpc) is 3.20. The molecule has 1 aliphatic rings.